The SMILES string of the molecule is Cc1cc(C2OCCO2)ccc1Br.Cc1cc(C=O)ccc1B(O)O.Cc1cc(C=O)ccc1Br.O=Cc1ccc(B(O)O)cc1.OCCO. The van der Waals surface area contributed by atoms with Crippen molar-refractivity contribution < 1.29 is 54.2 Å². The summed E-state index contributed by atoms with van der Waals surface area (Å²) in [6.45, 7) is 6.88. The van der Waals surface area contributed by atoms with Crippen LogP contribution in [-0.4, -0.2) is 89.8 Å². The van der Waals surface area contributed by atoms with Gasteiger partial charge in [-0.25, -0.2) is 0 Å². The minimum Gasteiger partial charge on any atom is -0.423 e. The molecule has 4 aromatic carbocycles. The molecule has 1 aliphatic rings. The summed E-state index contributed by atoms with van der Waals surface area (Å²) in [4.78, 5) is 30.7. The van der Waals surface area contributed by atoms with Crippen LogP contribution in [0.2, 0.25) is 0 Å². The van der Waals surface area contributed by atoms with Crippen molar-refractivity contribution in [2.45, 2.75) is 27.1 Å². The van der Waals surface area contributed by atoms with Crippen LogP contribution >= 0.6 is 31.9 Å². The highest BCUT2D eigenvalue weighted by Gasteiger charge is 2.18. The smallest absolute Gasteiger partial charge is 0.423 e. The van der Waals surface area contributed by atoms with Gasteiger partial charge in [-0.1, -0.05) is 86.0 Å². The second-order valence-corrected chi connectivity index (χ2v) is 12.1. The molecule has 0 saturated carbocycles. The van der Waals surface area contributed by atoms with Gasteiger partial charge in [-0.2, -0.15) is 0 Å². The standard InChI is InChI=1S/C10H11BrO2.C8H9BO3.C8H7BrO.C7H7BO3.C2H6O2/c1-7-6-8(2-3-9(7)11)10-12-4-5-13-10;1-6-4-7(5-10)2-3-8(6)9(11)12;1-6-4-7(5-10)2-3-8(6)9;9-5-6-1-3-7(4-2-6)8(10)11;3-1-2-4/h2-3,6,10H,4-5H2,1H3;2-5,11-12H,1H3;2-5H,1H3;1-5,10-11H;3-4H,1-2H2. The molecule has 50 heavy (non-hydrogen) atoms. The molecule has 0 unspecified atom stereocenters. The number of aliphatic hydroxyl groups is 2. The third-order valence-electron chi connectivity index (χ3n) is 6.57. The molecule has 1 saturated heterocycles. The van der Waals surface area contributed by atoms with Crippen LogP contribution in [0.3, 0.4) is 0 Å². The fourth-order valence-corrected chi connectivity index (χ4v) is 4.41. The van der Waals surface area contributed by atoms with Gasteiger partial charge in [0.25, 0.3) is 0 Å². The Bertz CT molecular complexity index is 1610. The van der Waals surface area contributed by atoms with E-state index in [9.17, 15) is 14.4 Å². The molecule has 0 atom stereocenters. The van der Waals surface area contributed by atoms with Crippen molar-refractivity contribution in [2.75, 3.05) is 26.4 Å². The maximum atomic E-state index is 10.3. The highest BCUT2D eigenvalue weighted by Crippen LogP contribution is 2.26. The highest BCUT2D eigenvalue weighted by molar-refractivity contribution is 9.10. The van der Waals surface area contributed by atoms with Gasteiger partial charge >= 0.3 is 14.2 Å². The fourth-order valence-electron chi connectivity index (χ4n) is 3.92. The lowest BCUT2D eigenvalue weighted by Gasteiger charge is -2.10. The van der Waals surface area contributed by atoms with E-state index in [2.05, 4.69) is 44.8 Å². The van der Waals surface area contributed by atoms with Crippen LogP contribution in [0.4, 0.5) is 0 Å². The van der Waals surface area contributed by atoms with Gasteiger partial charge in [-0.05, 0) is 73.2 Å². The third-order valence-corrected chi connectivity index (χ3v) is 8.35. The van der Waals surface area contributed by atoms with Crippen LogP contribution in [0.25, 0.3) is 0 Å². The molecule has 0 spiro atoms. The number of carbonyl (C=O) groups excluding carboxylic acids is 3. The highest BCUT2D eigenvalue weighted by atomic mass is 79.9. The molecule has 15 heteroatoms. The van der Waals surface area contributed by atoms with Gasteiger partial charge in [0.2, 0.25) is 0 Å². The zero-order chi connectivity index (χ0) is 37.6. The molecular weight excluding hydrogens is 778 g/mol. The largest absolute Gasteiger partial charge is 0.488 e. The van der Waals surface area contributed by atoms with Gasteiger partial charge in [0.05, 0.1) is 26.4 Å². The lowest BCUT2D eigenvalue weighted by Crippen LogP contribution is -2.32. The Morgan fingerprint density at radius 3 is 1.46 bits per heavy atom. The van der Waals surface area contributed by atoms with Gasteiger partial charge in [-0.3, -0.25) is 14.4 Å². The Morgan fingerprint density at radius 1 is 0.620 bits per heavy atom. The molecule has 6 N–H and O–H groups in total. The maximum Gasteiger partial charge on any atom is 0.488 e. The Hall–Kier alpha value is -3.34. The predicted molar refractivity (Wildman–Crippen MR) is 200 cm³/mol. The van der Waals surface area contributed by atoms with Crippen molar-refractivity contribution in [3.8, 4) is 0 Å². The first kappa shape index (κ1) is 44.7. The second-order valence-electron chi connectivity index (χ2n) is 10.4. The Balaban J connectivity index is 0.000000323. The van der Waals surface area contributed by atoms with Crippen molar-refractivity contribution in [2.24, 2.45) is 0 Å². The summed E-state index contributed by atoms with van der Waals surface area (Å²) in [5.41, 5.74) is 6.69. The zero-order valence-corrected chi connectivity index (χ0v) is 31.0. The van der Waals surface area contributed by atoms with Crippen molar-refractivity contribution in [3.63, 3.8) is 0 Å². The monoisotopic (exact) mass is 816 g/mol. The van der Waals surface area contributed by atoms with Crippen LogP contribution in [0, 0.1) is 20.8 Å². The lowest BCUT2D eigenvalue weighted by molar-refractivity contribution is -0.0441. The number of ether oxygens (including phenoxy) is 2. The number of aryl methyl sites for hydroxylation is 3. The Kier molecular flexibility index (Phi) is 22.1. The third kappa shape index (κ3) is 16.6. The van der Waals surface area contributed by atoms with E-state index in [1.54, 1.807) is 25.1 Å². The van der Waals surface area contributed by atoms with E-state index in [1.165, 1.54) is 35.9 Å². The zero-order valence-electron chi connectivity index (χ0n) is 27.8. The molecule has 0 bridgehead atoms. The van der Waals surface area contributed by atoms with Crippen LogP contribution < -0.4 is 10.9 Å². The van der Waals surface area contributed by atoms with E-state index in [-0.39, 0.29) is 19.5 Å². The molecule has 0 amide bonds. The number of aliphatic hydroxyl groups excluding tert-OH is 2. The normalized spacial score (nSPS) is 11.5. The molecule has 1 heterocycles. The summed E-state index contributed by atoms with van der Waals surface area (Å²) in [5, 5.41) is 50.2. The molecule has 1 fully saturated rings. The molecule has 266 valence electrons. The van der Waals surface area contributed by atoms with Gasteiger partial charge in [0, 0.05) is 31.2 Å². The van der Waals surface area contributed by atoms with E-state index < -0.39 is 14.2 Å². The average molecular weight is 818 g/mol. The molecule has 5 rings (SSSR count). The summed E-state index contributed by atoms with van der Waals surface area (Å²) in [6.07, 6.45) is 2.11. The summed E-state index contributed by atoms with van der Waals surface area (Å²) >= 11 is 6.80. The number of halogens is 2. The molecule has 0 aliphatic carbocycles. The quantitative estimate of drug-likeness (QED) is 0.119. The summed E-state index contributed by atoms with van der Waals surface area (Å²) in [7, 11) is -2.93. The van der Waals surface area contributed by atoms with Crippen molar-refractivity contribution in [1.29, 1.82) is 0 Å². The second kappa shape index (κ2) is 24.7. The first-order chi connectivity index (χ1) is 23.8. The summed E-state index contributed by atoms with van der Waals surface area (Å²) < 4.78 is 13.0. The fraction of sp³-hybridized carbons (Fsp3) is 0.229. The number of aldehydes is 3. The predicted octanol–water partition coefficient (Wildman–Crippen LogP) is 3.01. The number of hydrogen-bond acceptors (Lipinski definition) is 11. The number of carbonyl (C=O) groups is 3. The van der Waals surface area contributed by atoms with E-state index in [0.29, 0.717) is 47.1 Å². The lowest BCUT2D eigenvalue weighted by atomic mass is 9.77. The van der Waals surface area contributed by atoms with Gasteiger partial charge in [0.1, 0.15) is 18.9 Å². The summed E-state index contributed by atoms with van der Waals surface area (Å²) in [5.74, 6) is 0. The van der Waals surface area contributed by atoms with E-state index in [1.807, 2.05) is 31.2 Å². The van der Waals surface area contributed by atoms with Crippen LogP contribution in [0.5, 0.6) is 0 Å². The minimum absolute atomic E-state index is 0.125. The Morgan fingerprint density at radius 2 is 1.06 bits per heavy atom. The first-order valence-corrected chi connectivity index (χ1v) is 16.7. The van der Waals surface area contributed by atoms with Crippen molar-refractivity contribution >= 4 is 75.9 Å². The van der Waals surface area contributed by atoms with Crippen LogP contribution in [0.15, 0.2) is 87.8 Å². The van der Waals surface area contributed by atoms with E-state index in [0.717, 1.165) is 38.2 Å². The molecule has 0 aromatic heterocycles. The number of rotatable bonds is 7. The van der Waals surface area contributed by atoms with Crippen LogP contribution in [-0.2, 0) is 9.47 Å². The number of benzene rings is 4. The van der Waals surface area contributed by atoms with Gasteiger partial charge in [0.15, 0.2) is 6.29 Å². The van der Waals surface area contributed by atoms with E-state index >= 15 is 0 Å². The minimum atomic E-state index is -1.47. The van der Waals surface area contributed by atoms with Gasteiger partial charge < -0.3 is 39.8 Å². The molecule has 11 nitrogen and oxygen atoms in total. The molecular formula is C35H40B2Br2O11. The van der Waals surface area contributed by atoms with Crippen molar-refractivity contribution in [3.05, 3.63) is 127 Å². The summed E-state index contributed by atoms with van der Waals surface area (Å²) in [6, 6.07) is 22.4. The number of hydrogen-bond donors (Lipinski definition) is 6. The van der Waals surface area contributed by atoms with Crippen LogP contribution in [0.1, 0.15) is 59.6 Å². The average Bonchev–Trinajstić information content (AvgIpc) is 3.67. The topological polar surface area (TPSA) is 191 Å². The van der Waals surface area contributed by atoms with E-state index in [4.69, 9.17) is 39.8 Å². The maximum absolute atomic E-state index is 10.3. The molecule has 4 aromatic rings. The molecule has 1 aliphatic heterocycles. The molecule has 0 radical (unpaired) electrons. The van der Waals surface area contributed by atoms with Gasteiger partial charge in [-0.15, -0.1) is 0 Å². The van der Waals surface area contributed by atoms with Crippen molar-refractivity contribution in [1.82, 2.24) is 0 Å². The first-order valence-electron chi connectivity index (χ1n) is 15.1. The Labute approximate surface area is 309 Å².